The fraction of sp³-hybridized carbons (Fsp3) is 0.273. The van der Waals surface area contributed by atoms with Crippen molar-refractivity contribution in [3.63, 3.8) is 0 Å². The summed E-state index contributed by atoms with van der Waals surface area (Å²) in [4.78, 5) is 21.8. The van der Waals surface area contributed by atoms with E-state index in [1.54, 1.807) is 0 Å². The van der Waals surface area contributed by atoms with E-state index in [-0.39, 0.29) is 5.69 Å². The van der Waals surface area contributed by atoms with E-state index in [1.807, 2.05) is 18.2 Å². The van der Waals surface area contributed by atoms with E-state index in [4.69, 9.17) is 5.11 Å². The first kappa shape index (κ1) is 9.71. The molecule has 0 fully saturated rings. The highest BCUT2D eigenvalue weighted by atomic mass is 16.3. The molecule has 1 aromatic carbocycles. The summed E-state index contributed by atoms with van der Waals surface area (Å²) < 4.78 is 0. The highest BCUT2D eigenvalue weighted by Crippen LogP contribution is 2.21. The zero-order valence-corrected chi connectivity index (χ0v) is 8.28. The van der Waals surface area contributed by atoms with Crippen molar-refractivity contribution in [3.05, 3.63) is 44.4 Å². The highest BCUT2D eigenvalue weighted by Gasteiger charge is 2.20. The quantitative estimate of drug-likeness (QED) is 0.703. The second-order valence-electron chi connectivity index (χ2n) is 3.74. The lowest BCUT2D eigenvalue weighted by molar-refractivity contribution is 0.466. The van der Waals surface area contributed by atoms with Crippen LogP contribution in [0, 0.1) is 5.92 Å². The van der Waals surface area contributed by atoms with Gasteiger partial charge in [0.25, 0.3) is 10.9 Å². The summed E-state index contributed by atoms with van der Waals surface area (Å²) in [5.74, 6) is 0.0183. The lowest BCUT2D eigenvalue weighted by Gasteiger charge is -2.14. The number of hydrogen-bond acceptors (Lipinski definition) is 4. The lowest BCUT2D eigenvalue weighted by Crippen LogP contribution is -2.33. The summed E-state index contributed by atoms with van der Waals surface area (Å²) in [5.41, 5.74) is -0.715. The molecule has 1 aromatic rings. The first-order valence-electron chi connectivity index (χ1n) is 4.77. The molecule has 0 aliphatic heterocycles. The van der Waals surface area contributed by atoms with Crippen molar-refractivity contribution >= 4 is 5.69 Å². The minimum Gasteiger partial charge on any atom is -0.502 e. The fourth-order valence-electron chi connectivity index (χ4n) is 1.46. The van der Waals surface area contributed by atoms with Crippen LogP contribution in [0.5, 0.6) is 5.75 Å². The summed E-state index contributed by atoms with van der Waals surface area (Å²) in [7, 11) is 0. The molecule has 1 aliphatic rings. The number of allylic oxidation sites excluding steroid dienone is 3. The summed E-state index contributed by atoms with van der Waals surface area (Å²) in [6.45, 7) is 2.08. The molecule has 1 unspecified atom stereocenters. The van der Waals surface area contributed by atoms with Crippen LogP contribution in [-0.2, 0) is 0 Å². The van der Waals surface area contributed by atoms with E-state index in [0.717, 1.165) is 12.1 Å². The van der Waals surface area contributed by atoms with Crippen molar-refractivity contribution in [3.8, 4) is 5.75 Å². The molecule has 4 nitrogen and oxygen atoms in total. The Balaban J connectivity index is 2.15. The van der Waals surface area contributed by atoms with Gasteiger partial charge in [0.1, 0.15) is 5.69 Å². The molecule has 0 aromatic heterocycles. The molecule has 0 saturated heterocycles. The maximum absolute atomic E-state index is 11.0. The summed E-state index contributed by atoms with van der Waals surface area (Å²) in [6.07, 6.45) is 6.66. The van der Waals surface area contributed by atoms with E-state index in [1.165, 1.54) is 0 Å². The number of hydrogen-bond donors (Lipinski definition) is 2. The summed E-state index contributed by atoms with van der Waals surface area (Å²) in [6, 6.07) is 0. The van der Waals surface area contributed by atoms with Gasteiger partial charge in [-0.25, -0.2) is 0 Å². The van der Waals surface area contributed by atoms with Gasteiger partial charge in [0, 0.05) is 5.70 Å². The lowest BCUT2D eigenvalue weighted by atomic mass is 10.0. The Morgan fingerprint density at radius 2 is 2.13 bits per heavy atom. The summed E-state index contributed by atoms with van der Waals surface area (Å²) >= 11 is 0. The van der Waals surface area contributed by atoms with Crippen LogP contribution in [0.15, 0.2) is 33.5 Å². The normalized spacial score (nSPS) is 20.3. The molecule has 0 heterocycles. The van der Waals surface area contributed by atoms with Crippen molar-refractivity contribution in [2.45, 2.75) is 13.3 Å². The van der Waals surface area contributed by atoms with Crippen molar-refractivity contribution in [2.75, 3.05) is 5.32 Å². The Hall–Kier alpha value is -1.84. The SMILES string of the molecule is CC1C=CC(Nc2c(O)c(=O)c2=O)=CC1. The van der Waals surface area contributed by atoms with Crippen LogP contribution >= 0.6 is 0 Å². The summed E-state index contributed by atoms with van der Waals surface area (Å²) in [5, 5.41) is 11.9. The van der Waals surface area contributed by atoms with Crippen molar-refractivity contribution < 1.29 is 5.11 Å². The maximum Gasteiger partial charge on any atom is 0.271 e. The third-order valence-corrected chi connectivity index (χ3v) is 2.47. The molecule has 0 amide bonds. The molecule has 0 bridgehead atoms. The van der Waals surface area contributed by atoms with Gasteiger partial charge in [0.15, 0.2) is 5.75 Å². The topological polar surface area (TPSA) is 66.4 Å². The molecule has 2 N–H and O–H groups in total. The molecule has 1 atom stereocenters. The third-order valence-electron chi connectivity index (χ3n) is 2.47. The van der Waals surface area contributed by atoms with Crippen LogP contribution in [0.4, 0.5) is 5.69 Å². The average molecular weight is 205 g/mol. The van der Waals surface area contributed by atoms with Crippen LogP contribution in [-0.4, -0.2) is 5.11 Å². The van der Waals surface area contributed by atoms with E-state index < -0.39 is 16.6 Å². The van der Waals surface area contributed by atoms with Crippen LogP contribution < -0.4 is 16.2 Å². The first-order chi connectivity index (χ1) is 7.09. The molecular weight excluding hydrogens is 194 g/mol. The molecule has 78 valence electrons. The maximum atomic E-state index is 11.0. The van der Waals surface area contributed by atoms with Gasteiger partial charge in [0.2, 0.25) is 0 Å². The van der Waals surface area contributed by atoms with Gasteiger partial charge < -0.3 is 10.4 Å². The number of rotatable bonds is 2. The van der Waals surface area contributed by atoms with Crippen LogP contribution in [0.1, 0.15) is 13.3 Å². The minimum atomic E-state index is -0.814. The number of aromatic hydroxyl groups is 1. The molecule has 1 aliphatic carbocycles. The Labute approximate surface area is 86.2 Å². The predicted molar refractivity (Wildman–Crippen MR) is 57.6 cm³/mol. The van der Waals surface area contributed by atoms with Gasteiger partial charge in [-0.15, -0.1) is 0 Å². The van der Waals surface area contributed by atoms with Crippen molar-refractivity contribution in [1.29, 1.82) is 0 Å². The average Bonchev–Trinajstić information content (AvgIpc) is 2.27. The predicted octanol–water partition coefficient (Wildman–Crippen LogP) is 0.880. The third kappa shape index (κ3) is 1.58. The smallest absolute Gasteiger partial charge is 0.271 e. The molecule has 0 saturated carbocycles. The Morgan fingerprint density at radius 3 is 2.67 bits per heavy atom. The molecule has 15 heavy (non-hydrogen) atoms. The first-order valence-corrected chi connectivity index (χ1v) is 4.77. The Kier molecular flexibility index (Phi) is 2.19. The largest absolute Gasteiger partial charge is 0.502 e. The monoisotopic (exact) mass is 205 g/mol. The Morgan fingerprint density at radius 1 is 1.40 bits per heavy atom. The number of nitrogens with one attached hydrogen (secondary N) is 1. The second kappa shape index (κ2) is 3.38. The van der Waals surface area contributed by atoms with Crippen LogP contribution in [0.3, 0.4) is 0 Å². The second-order valence-corrected chi connectivity index (χ2v) is 3.74. The van der Waals surface area contributed by atoms with Gasteiger partial charge in [-0.1, -0.05) is 19.1 Å². The zero-order chi connectivity index (χ0) is 11.0. The van der Waals surface area contributed by atoms with E-state index >= 15 is 0 Å². The van der Waals surface area contributed by atoms with E-state index in [9.17, 15) is 9.59 Å². The van der Waals surface area contributed by atoms with Gasteiger partial charge in [-0.3, -0.25) is 9.59 Å². The molecular formula is C11H11NO3. The van der Waals surface area contributed by atoms with Crippen LogP contribution in [0.2, 0.25) is 0 Å². The van der Waals surface area contributed by atoms with Gasteiger partial charge in [-0.05, 0) is 18.4 Å². The van der Waals surface area contributed by atoms with Gasteiger partial charge in [0.05, 0.1) is 0 Å². The van der Waals surface area contributed by atoms with Crippen molar-refractivity contribution in [1.82, 2.24) is 0 Å². The van der Waals surface area contributed by atoms with Gasteiger partial charge >= 0.3 is 0 Å². The number of anilines is 1. The minimum absolute atomic E-state index is 0.00505. The molecule has 0 spiro atoms. The molecule has 4 heteroatoms. The highest BCUT2D eigenvalue weighted by molar-refractivity contribution is 5.64. The van der Waals surface area contributed by atoms with Gasteiger partial charge in [-0.2, -0.15) is 0 Å². The van der Waals surface area contributed by atoms with E-state index in [0.29, 0.717) is 5.92 Å². The zero-order valence-electron chi connectivity index (χ0n) is 8.28. The Bertz CT molecular complexity index is 518. The van der Waals surface area contributed by atoms with E-state index in [2.05, 4.69) is 12.2 Å². The standard InChI is InChI=1S/C11H11NO3/c1-6-2-4-7(5-3-6)12-8-9(13)11(15)10(8)14/h2,4-6,12-13H,3H2,1H3. The molecule has 2 rings (SSSR count). The van der Waals surface area contributed by atoms with Crippen molar-refractivity contribution in [2.24, 2.45) is 5.92 Å². The fourth-order valence-corrected chi connectivity index (χ4v) is 1.46. The van der Waals surface area contributed by atoms with Crippen LogP contribution in [0.25, 0.3) is 0 Å². The molecule has 0 radical (unpaired) electrons.